The molecule has 0 aliphatic carbocycles. The van der Waals surface area contributed by atoms with Gasteiger partial charge in [-0.25, -0.2) is 0 Å². The first-order chi connectivity index (χ1) is 10.2. The van der Waals surface area contributed by atoms with Gasteiger partial charge in [-0.05, 0) is 31.2 Å². The van der Waals surface area contributed by atoms with Crippen molar-refractivity contribution in [3.05, 3.63) is 64.1 Å². The predicted molar refractivity (Wildman–Crippen MR) is 89.4 cm³/mol. The topological polar surface area (TPSA) is 12.5 Å². The molecule has 0 spiro atoms. The molecule has 112 valence electrons. The zero-order valence-electron chi connectivity index (χ0n) is 12.1. The number of nitrogens with zero attached hydrogens (tertiary/aromatic N) is 1. The Kier molecular flexibility index (Phi) is 6.37. The second kappa shape index (κ2) is 8.28. The Balaban J connectivity index is 1.71. The number of hydrogen-bond donors (Lipinski definition) is 0. The van der Waals surface area contributed by atoms with Gasteiger partial charge in [-0.3, -0.25) is 0 Å². The molecule has 2 rings (SSSR count). The smallest absolute Gasteiger partial charge is 0.139 e. The first-order valence-electron chi connectivity index (χ1n) is 6.96. The van der Waals surface area contributed by atoms with Crippen molar-refractivity contribution in [1.82, 2.24) is 4.90 Å². The number of halogens is 2. The van der Waals surface area contributed by atoms with Crippen molar-refractivity contribution in [2.24, 2.45) is 0 Å². The summed E-state index contributed by atoms with van der Waals surface area (Å²) in [4.78, 5) is 2.28. The minimum Gasteiger partial charge on any atom is -0.492 e. The van der Waals surface area contributed by atoms with Gasteiger partial charge in [0.25, 0.3) is 0 Å². The molecule has 0 aliphatic heterocycles. The zero-order chi connectivity index (χ0) is 15.1. The summed E-state index contributed by atoms with van der Waals surface area (Å²) in [6, 6.07) is 15.9. The van der Waals surface area contributed by atoms with Crippen LogP contribution < -0.4 is 4.74 Å². The predicted octanol–water partition coefficient (Wildman–Crippen LogP) is 4.89. The quantitative estimate of drug-likeness (QED) is 0.672. The van der Waals surface area contributed by atoms with Crippen LogP contribution in [0.4, 0.5) is 0 Å². The summed E-state index contributed by atoms with van der Waals surface area (Å²) in [7, 11) is 2.11. The van der Waals surface area contributed by atoms with Crippen molar-refractivity contribution in [2.45, 2.75) is 13.0 Å². The minimum atomic E-state index is 0.483. The second-order valence-electron chi connectivity index (χ2n) is 4.98. The largest absolute Gasteiger partial charge is 0.492 e. The maximum atomic E-state index is 6.07. The molecule has 0 heterocycles. The lowest BCUT2D eigenvalue weighted by atomic mass is 10.2. The van der Waals surface area contributed by atoms with E-state index in [0.717, 1.165) is 19.5 Å². The van der Waals surface area contributed by atoms with Crippen LogP contribution >= 0.6 is 23.2 Å². The summed E-state index contributed by atoms with van der Waals surface area (Å²) >= 11 is 12.0. The Labute approximate surface area is 136 Å². The average Bonchev–Trinajstić information content (AvgIpc) is 2.49. The molecule has 0 saturated heterocycles. The van der Waals surface area contributed by atoms with Gasteiger partial charge < -0.3 is 9.64 Å². The lowest BCUT2D eigenvalue weighted by Gasteiger charge is -2.17. The first-order valence-corrected chi connectivity index (χ1v) is 7.71. The fraction of sp³-hybridized carbons (Fsp3) is 0.294. The molecule has 21 heavy (non-hydrogen) atoms. The molecular formula is C17H19Cl2NO. The molecule has 0 bridgehead atoms. The molecule has 0 amide bonds. The molecule has 0 atom stereocenters. The molecule has 2 aromatic carbocycles. The highest BCUT2D eigenvalue weighted by atomic mass is 35.5. The van der Waals surface area contributed by atoms with Crippen molar-refractivity contribution in [2.75, 3.05) is 20.2 Å². The van der Waals surface area contributed by atoms with E-state index in [2.05, 4.69) is 36.2 Å². The molecule has 0 aliphatic rings. The summed E-state index contributed by atoms with van der Waals surface area (Å²) in [6.45, 7) is 2.53. The number of benzene rings is 2. The lowest BCUT2D eigenvalue weighted by molar-refractivity contribution is 0.259. The summed E-state index contributed by atoms with van der Waals surface area (Å²) < 4.78 is 5.68. The van der Waals surface area contributed by atoms with E-state index in [-0.39, 0.29) is 0 Å². The van der Waals surface area contributed by atoms with Crippen molar-refractivity contribution in [3.63, 3.8) is 0 Å². The fourth-order valence-electron chi connectivity index (χ4n) is 2.09. The van der Waals surface area contributed by atoms with E-state index in [1.807, 2.05) is 18.2 Å². The first kappa shape index (κ1) is 16.2. The molecule has 2 nitrogen and oxygen atoms in total. The van der Waals surface area contributed by atoms with Crippen molar-refractivity contribution >= 4 is 23.2 Å². The molecule has 0 saturated carbocycles. The Bertz CT molecular complexity index is 560. The van der Waals surface area contributed by atoms with E-state index in [9.17, 15) is 0 Å². The molecule has 0 radical (unpaired) electrons. The van der Waals surface area contributed by atoms with Crippen LogP contribution in [0.2, 0.25) is 10.0 Å². The van der Waals surface area contributed by atoms with Crippen LogP contribution in [0, 0.1) is 0 Å². The molecular weight excluding hydrogens is 305 g/mol. The van der Waals surface area contributed by atoms with E-state index in [0.29, 0.717) is 22.4 Å². The molecule has 0 fully saturated rings. The lowest BCUT2D eigenvalue weighted by Crippen LogP contribution is -2.20. The molecule has 2 aromatic rings. The second-order valence-corrected chi connectivity index (χ2v) is 5.76. The maximum absolute atomic E-state index is 6.07. The van der Waals surface area contributed by atoms with E-state index in [1.165, 1.54) is 5.56 Å². The maximum Gasteiger partial charge on any atom is 0.139 e. The van der Waals surface area contributed by atoms with E-state index >= 15 is 0 Å². The third-order valence-electron chi connectivity index (χ3n) is 3.15. The molecule has 0 N–H and O–H groups in total. The van der Waals surface area contributed by atoms with Crippen LogP contribution in [0.1, 0.15) is 12.0 Å². The Morgan fingerprint density at radius 2 is 1.76 bits per heavy atom. The monoisotopic (exact) mass is 323 g/mol. The van der Waals surface area contributed by atoms with Gasteiger partial charge in [-0.15, -0.1) is 0 Å². The van der Waals surface area contributed by atoms with Gasteiger partial charge in [0.1, 0.15) is 10.8 Å². The average molecular weight is 324 g/mol. The van der Waals surface area contributed by atoms with Crippen LogP contribution in [0.15, 0.2) is 48.5 Å². The van der Waals surface area contributed by atoms with Gasteiger partial charge in [0.15, 0.2) is 0 Å². The third kappa shape index (κ3) is 5.24. The Morgan fingerprint density at radius 1 is 1.00 bits per heavy atom. The van der Waals surface area contributed by atoms with Gasteiger partial charge in [-0.1, -0.05) is 59.6 Å². The highest BCUT2D eigenvalue weighted by Crippen LogP contribution is 2.31. The van der Waals surface area contributed by atoms with E-state index < -0.39 is 0 Å². The third-order valence-corrected chi connectivity index (χ3v) is 3.95. The molecule has 0 unspecified atom stereocenters. The van der Waals surface area contributed by atoms with Gasteiger partial charge >= 0.3 is 0 Å². The summed E-state index contributed by atoms with van der Waals surface area (Å²) in [5.74, 6) is 0.648. The normalized spacial score (nSPS) is 10.9. The Morgan fingerprint density at radius 3 is 2.52 bits per heavy atom. The van der Waals surface area contributed by atoms with Crippen molar-refractivity contribution in [3.8, 4) is 5.75 Å². The van der Waals surface area contributed by atoms with Crippen molar-refractivity contribution in [1.29, 1.82) is 0 Å². The van der Waals surface area contributed by atoms with Crippen molar-refractivity contribution < 1.29 is 4.74 Å². The van der Waals surface area contributed by atoms with Gasteiger partial charge in [0, 0.05) is 13.1 Å². The van der Waals surface area contributed by atoms with E-state index in [1.54, 1.807) is 6.07 Å². The summed E-state index contributed by atoms with van der Waals surface area (Å²) in [6.07, 6.45) is 0.937. The number of hydrogen-bond acceptors (Lipinski definition) is 2. The van der Waals surface area contributed by atoms with Crippen LogP contribution in [-0.2, 0) is 6.54 Å². The SMILES string of the molecule is CN(CCCOc1cccc(Cl)c1Cl)Cc1ccccc1. The molecule has 4 heteroatoms. The summed E-state index contributed by atoms with van der Waals surface area (Å²) in [5, 5.41) is 1.01. The van der Waals surface area contributed by atoms with Crippen LogP contribution in [0.3, 0.4) is 0 Å². The van der Waals surface area contributed by atoms with Crippen LogP contribution in [-0.4, -0.2) is 25.1 Å². The fourth-order valence-corrected chi connectivity index (χ4v) is 2.43. The summed E-state index contributed by atoms with van der Waals surface area (Å²) in [5.41, 5.74) is 1.32. The highest BCUT2D eigenvalue weighted by Gasteiger charge is 2.05. The highest BCUT2D eigenvalue weighted by molar-refractivity contribution is 6.42. The standard InChI is InChI=1S/C17H19Cl2NO/c1-20(13-14-7-3-2-4-8-14)11-6-12-21-16-10-5-9-15(18)17(16)19/h2-5,7-10H,6,11-13H2,1H3. The number of ether oxygens (including phenoxy) is 1. The van der Waals surface area contributed by atoms with Gasteiger partial charge in [0.05, 0.1) is 11.6 Å². The number of rotatable bonds is 7. The van der Waals surface area contributed by atoms with E-state index in [4.69, 9.17) is 27.9 Å². The van der Waals surface area contributed by atoms with Gasteiger partial charge in [-0.2, -0.15) is 0 Å². The van der Waals surface area contributed by atoms with Crippen LogP contribution in [0.25, 0.3) is 0 Å². The zero-order valence-corrected chi connectivity index (χ0v) is 13.6. The van der Waals surface area contributed by atoms with Crippen LogP contribution in [0.5, 0.6) is 5.75 Å². The van der Waals surface area contributed by atoms with Gasteiger partial charge in [0.2, 0.25) is 0 Å². The Hall–Kier alpha value is -1.22. The molecule has 0 aromatic heterocycles. The minimum absolute atomic E-state index is 0.483.